The summed E-state index contributed by atoms with van der Waals surface area (Å²) in [6, 6.07) is 0. The largest absolute Gasteiger partial charge is 0.110 e. The fraction of sp³-hybridized carbons (Fsp3) is 0.400. The third-order valence-corrected chi connectivity index (χ3v) is 1.85. The van der Waals surface area contributed by atoms with E-state index in [0.29, 0.717) is 0 Å². The molecule has 0 fully saturated rings. The summed E-state index contributed by atoms with van der Waals surface area (Å²) in [6.45, 7) is 6.11. The molecular formula is C10H13Cl. The number of rotatable bonds is 0. The van der Waals surface area contributed by atoms with Crippen LogP contribution in [-0.4, -0.2) is 4.87 Å². The van der Waals surface area contributed by atoms with Gasteiger partial charge < -0.3 is 0 Å². The Morgan fingerprint density at radius 3 is 1.82 bits per heavy atom. The van der Waals surface area contributed by atoms with Gasteiger partial charge in [0, 0.05) is 0 Å². The van der Waals surface area contributed by atoms with Gasteiger partial charge in [0.25, 0.3) is 0 Å². The van der Waals surface area contributed by atoms with Crippen LogP contribution in [0.3, 0.4) is 0 Å². The number of alkyl halides is 1. The van der Waals surface area contributed by atoms with E-state index >= 15 is 0 Å². The first-order valence-corrected chi connectivity index (χ1v) is 4.13. The summed E-state index contributed by atoms with van der Waals surface area (Å²) >= 11 is 6.17. The average Bonchev–Trinajstić information content (AvgIpc) is 1.89. The molecule has 11 heavy (non-hydrogen) atoms. The maximum Gasteiger partial charge on any atom is 0.0789 e. The molecule has 0 aromatic heterocycles. The summed E-state index contributed by atoms with van der Waals surface area (Å²) < 4.78 is 0. The molecule has 0 saturated carbocycles. The van der Waals surface area contributed by atoms with Crippen LogP contribution in [0.4, 0.5) is 0 Å². The first-order chi connectivity index (χ1) is 4.99. The molecule has 0 unspecified atom stereocenters. The third kappa shape index (κ3) is 2.55. The number of allylic oxidation sites excluding steroid dienone is 6. The molecule has 0 nitrogen and oxygen atoms in total. The minimum Gasteiger partial charge on any atom is -0.110 e. The Hall–Kier alpha value is -0.490. The van der Waals surface area contributed by atoms with E-state index in [2.05, 4.69) is 38.2 Å². The van der Waals surface area contributed by atoms with Crippen molar-refractivity contribution in [2.45, 2.75) is 25.6 Å². The van der Waals surface area contributed by atoms with Crippen molar-refractivity contribution < 1.29 is 0 Å². The van der Waals surface area contributed by atoms with E-state index in [9.17, 15) is 0 Å². The number of hydrogen-bond donors (Lipinski definition) is 0. The molecule has 0 N–H and O–H groups in total. The van der Waals surface area contributed by atoms with Crippen LogP contribution in [0.2, 0.25) is 0 Å². The summed E-state index contributed by atoms with van der Waals surface area (Å²) in [5.41, 5.74) is 2.44. The Morgan fingerprint density at radius 1 is 1.09 bits per heavy atom. The monoisotopic (exact) mass is 168 g/mol. The maximum absolute atomic E-state index is 6.17. The minimum absolute atomic E-state index is 0.308. The first kappa shape index (κ1) is 8.61. The van der Waals surface area contributed by atoms with Crippen molar-refractivity contribution in [1.29, 1.82) is 0 Å². The zero-order valence-corrected chi connectivity index (χ0v) is 7.94. The highest BCUT2D eigenvalue weighted by Gasteiger charge is 2.15. The number of halogens is 1. The zero-order valence-electron chi connectivity index (χ0n) is 7.19. The summed E-state index contributed by atoms with van der Waals surface area (Å²) in [6.07, 6.45) is 8.28. The van der Waals surface area contributed by atoms with Gasteiger partial charge in [0.15, 0.2) is 0 Å². The smallest absolute Gasteiger partial charge is 0.0789 e. The second-order valence-electron chi connectivity index (χ2n) is 3.26. The van der Waals surface area contributed by atoms with Crippen LogP contribution in [0.25, 0.3) is 0 Å². The molecule has 0 heterocycles. The van der Waals surface area contributed by atoms with Crippen molar-refractivity contribution in [3.63, 3.8) is 0 Å². The van der Waals surface area contributed by atoms with Gasteiger partial charge in [-0.25, -0.2) is 0 Å². The molecule has 1 aliphatic rings. The van der Waals surface area contributed by atoms with Crippen molar-refractivity contribution in [1.82, 2.24) is 0 Å². The standard InChI is InChI=1S/C10H13Cl/c1-8-4-5-9(2)7-10(3,11)6-8/h4-7H,1-3H3. The Bertz CT molecular complexity index is 218. The molecule has 0 amide bonds. The second-order valence-corrected chi connectivity index (χ2v) is 4.08. The van der Waals surface area contributed by atoms with Crippen molar-refractivity contribution in [2.24, 2.45) is 0 Å². The van der Waals surface area contributed by atoms with Gasteiger partial charge in [0.2, 0.25) is 0 Å². The van der Waals surface area contributed by atoms with Crippen molar-refractivity contribution in [2.75, 3.05) is 0 Å². The van der Waals surface area contributed by atoms with E-state index in [1.807, 2.05) is 6.92 Å². The molecule has 60 valence electrons. The van der Waals surface area contributed by atoms with Gasteiger partial charge in [0.1, 0.15) is 0 Å². The lowest BCUT2D eigenvalue weighted by Gasteiger charge is -2.11. The van der Waals surface area contributed by atoms with Crippen LogP contribution in [-0.2, 0) is 0 Å². The topological polar surface area (TPSA) is 0 Å². The fourth-order valence-corrected chi connectivity index (χ4v) is 1.64. The summed E-state index contributed by atoms with van der Waals surface area (Å²) in [5.74, 6) is 0. The first-order valence-electron chi connectivity index (χ1n) is 3.75. The molecular weight excluding hydrogens is 156 g/mol. The van der Waals surface area contributed by atoms with E-state index in [1.165, 1.54) is 11.1 Å². The van der Waals surface area contributed by atoms with E-state index in [-0.39, 0.29) is 4.87 Å². The lowest BCUT2D eigenvalue weighted by Crippen LogP contribution is -2.08. The van der Waals surface area contributed by atoms with Crippen molar-refractivity contribution >= 4 is 11.6 Å². The van der Waals surface area contributed by atoms with Gasteiger partial charge in [-0.3, -0.25) is 0 Å². The van der Waals surface area contributed by atoms with Gasteiger partial charge in [-0.1, -0.05) is 35.5 Å². The Morgan fingerprint density at radius 2 is 1.45 bits per heavy atom. The Balaban J connectivity index is 3.03. The third-order valence-electron chi connectivity index (χ3n) is 1.63. The molecule has 1 aliphatic carbocycles. The maximum atomic E-state index is 6.17. The van der Waals surface area contributed by atoms with Crippen LogP contribution in [0, 0.1) is 0 Å². The second kappa shape index (κ2) is 2.86. The van der Waals surface area contributed by atoms with Crippen LogP contribution < -0.4 is 0 Å². The molecule has 0 saturated heterocycles. The summed E-state index contributed by atoms with van der Waals surface area (Å²) in [5, 5.41) is 0. The normalized spacial score (nSPS) is 22.2. The predicted molar refractivity (Wildman–Crippen MR) is 50.9 cm³/mol. The molecule has 0 radical (unpaired) electrons. The molecule has 0 spiro atoms. The van der Waals surface area contributed by atoms with Gasteiger partial charge in [0.05, 0.1) is 4.87 Å². The molecule has 0 atom stereocenters. The molecule has 1 rings (SSSR count). The van der Waals surface area contributed by atoms with E-state index in [4.69, 9.17) is 11.6 Å². The molecule has 0 aliphatic heterocycles. The lowest BCUT2D eigenvalue weighted by atomic mass is 10.1. The van der Waals surface area contributed by atoms with Crippen molar-refractivity contribution in [3.05, 3.63) is 35.5 Å². The predicted octanol–water partition coefficient (Wildman–Crippen LogP) is 3.45. The molecule has 0 bridgehead atoms. The highest BCUT2D eigenvalue weighted by molar-refractivity contribution is 6.26. The van der Waals surface area contributed by atoms with Gasteiger partial charge in [-0.15, -0.1) is 11.6 Å². The average molecular weight is 169 g/mol. The van der Waals surface area contributed by atoms with Gasteiger partial charge >= 0.3 is 0 Å². The molecule has 1 heteroatoms. The quantitative estimate of drug-likeness (QED) is 0.486. The lowest BCUT2D eigenvalue weighted by molar-refractivity contribution is 0.974. The van der Waals surface area contributed by atoms with Crippen LogP contribution in [0.5, 0.6) is 0 Å². The molecule has 0 aromatic rings. The van der Waals surface area contributed by atoms with Crippen molar-refractivity contribution in [3.8, 4) is 0 Å². The SMILES string of the molecule is CC1=CC(C)(Cl)C=C(C)C=C1. The number of hydrogen-bond acceptors (Lipinski definition) is 0. The van der Waals surface area contributed by atoms with E-state index in [1.54, 1.807) is 0 Å². The fourth-order valence-electron chi connectivity index (χ4n) is 1.29. The summed E-state index contributed by atoms with van der Waals surface area (Å²) in [7, 11) is 0. The zero-order chi connectivity index (χ0) is 8.48. The summed E-state index contributed by atoms with van der Waals surface area (Å²) in [4.78, 5) is -0.308. The van der Waals surface area contributed by atoms with E-state index in [0.717, 1.165) is 0 Å². The highest BCUT2D eigenvalue weighted by atomic mass is 35.5. The van der Waals surface area contributed by atoms with Crippen LogP contribution in [0.1, 0.15) is 20.8 Å². The highest BCUT2D eigenvalue weighted by Crippen LogP contribution is 2.24. The van der Waals surface area contributed by atoms with Crippen LogP contribution in [0.15, 0.2) is 35.5 Å². The van der Waals surface area contributed by atoms with E-state index < -0.39 is 0 Å². The van der Waals surface area contributed by atoms with Gasteiger partial charge in [-0.2, -0.15) is 0 Å². The minimum atomic E-state index is -0.308. The van der Waals surface area contributed by atoms with Gasteiger partial charge in [-0.05, 0) is 20.8 Å². The van der Waals surface area contributed by atoms with Crippen LogP contribution >= 0.6 is 11.6 Å². The Kier molecular flexibility index (Phi) is 2.24. The Labute approximate surface area is 73.3 Å². The molecule has 0 aromatic carbocycles.